The summed E-state index contributed by atoms with van der Waals surface area (Å²) in [7, 11) is 1.85. The van der Waals surface area contributed by atoms with Gasteiger partial charge in [-0.25, -0.2) is 4.98 Å². The summed E-state index contributed by atoms with van der Waals surface area (Å²) in [5.41, 5.74) is 0.428. The van der Waals surface area contributed by atoms with Crippen LogP contribution in [-0.4, -0.2) is 23.6 Å². The minimum absolute atomic E-state index is 0.140. The van der Waals surface area contributed by atoms with Crippen molar-refractivity contribution in [3.63, 3.8) is 0 Å². The average molecular weight is 238 g/mol. The molecule has 84 valence electrons. The molecule has 0 atom stereocenters. The Balaban J connectivity index is 2.57. The van der Waals surface area contributed by atoms with E-state index >= 15 is 0 Å². The maximum atomic E-state index is 11.7. The van der Waals surface area contributed by atoms with Gasteiger partial charge in [0.25, 0.3) is 5.56 Å². The van der Waals surface area contributed by atoms with E-state index in [1.54, 1.807) is 18.2 Å². The number of nitrogens with zero attached hydrogens (tertiary/aromatic N) is 1. The Morgan fingerprint density at radius 1 is 1.50 bits per heavy atom. The van der Waals surface area contributed by atoms with Gasteiger partial charge >= 0.3 is 0 Å². The number of halogens is 1. The number of fused-ring (bicyclic) bond motifs is 1. The Kier molecular flexibility index (Phi) is 3.22. The minimum atomic E-state index is -0.140. The molecule has 5 heteroatoms. The Labute approximate surface area is 97.7 Å². The highest BCUT2D eigenvalue weighted by atomic mass is 35.5. The van der Waals surface area contributed by atoms with Crippen LogP contribution in [0.1, 0.15) is 5.82 Å². The van der Waals surface area contributed by atoms with E-state index in [0.717, 1.165) is 6.54 Å². The maximum Gasteiger partial charge on any atom is 0.258 e. The molecule has 0 amide bonds. The zero-order chi connectivity index (χ0) is 11.5. The second-order valence-electron chi connectivity index (χ2n) is 3.50. The number of rotatable bonds is 3. The van der Waals surface area contributed by atoms with E-state index in [9.17, 15) is 4.79 Å². The second-order valence-corrected chi connectivity index (χ2v) is 3.91. The van der Waals surface area contributed by atoms with E-state index in [4.69, 9.17) is 11.6 Å². The predicted octanol–water partition coefficient (Wildman–Crippen LogP) is 1.34. The van der Waals surface area contributed by atoms with Crippen LogP contribution in [-0.2, 0) is 6.42 Å². The minimum Gasteiger partial charge on any atom is -0.319 e. The summed E-state index contributed by atoms with van der Waals surface area (Å²) in [6.07, 6.45) is 0.674. The molecule has 0 spiro atoms. The van der Waals surface area contributed by atoms with Gasteiger partial charge in [-0.05, 0) is 19.2 Å². The van der Waals surface area contributed by atoms with E-state index < -0.39 is 0 Å². The number of likely N-dealkylation sites (N-methyl/N-ethyl adjacent to an activating group) is 1. The summed E-state index contributed by atoms with van der Waals surface area (Å²) < 4.78 is 0. The first-order valence-electron chi connectivity index (χ1n) is 5.04. The van der Waals surface area contributed by atoms with Crippen molar-refractivity contribution in [1.29, 1.82) is 0 Å². The van der Waals surface area contributed by atoms with E-state index in [1.807, 2.05) is 7.05 Å². The molecule has 2 N–H and O–H groups in total. The molecule has 2 rings (SSSR count). The van der Waals surface area contributed by atoms with Crippen molar-refractivity contribution in [3.8, 4) is 0 Å². The van der Waals surface area contributed by atoms with Crippen molar-refractivity contribution in [2.75, 3.05) is 13.6 Å². The van der Waals surface area contributed by atoms with Gasteiger partial charge in [0.15, 0.2) is 0 Å². The van der Waals surface area contributed by atoms with Crippen LogP contribution in [0.4, 0.5) is 0 Å². The van der Waals surface area contributed by atoms with Crippen molar-refractivity contribution in [2.45, 2.75) is 6.42 Å². The third-order valence-corrected chi connectivity index (χ3v) is 2.65. The van der Waals surface area contributed by atoms with Crippen molar-refractivity contribution in [1.82, 2.24) is 15.3 Å². The van der Waals surface area contributed by atoms with E-state index in [1.165, 1.54) is 0 Å². The van der Waals surface area contributed by atoms with Gasteiger partial charge in [-0.2, -0.15) is 0 Å². The summed E-state index contributed by atoms with van der Waals surface area (Å²) in [5, 5.41) is 4.04. The zero-order valence-electron chi connectivity index (χ0n) is 8.88. The number of hydrogen-bond acceptors (Lipinski definition) is 3. The second kappa shape index (κ2) is 4.63. The molecule has 0 radical (unpaired) electrons. The van der Waals surface area contributed by atoms with Crippen molar-refractivity contribution >= 4 is 22.5 Å². The molecule has 4 nitrogen and oxygen atoms in total. The third-order valence-electron chi connectivity index (χ3n) is 2.35. The van der Waals surface area contributed by atoms with Gasteiger partial charge in [0.2, 0.25) is 0 Å². The molecule has 0 saturated heterocycles. The van der Waals surface area contributed by atoms with E-state index in [0.29, 0.717) is 28.2 Å². The largest absolute Gasteiger partial charge is 0.319 e. The lowest BCUT2D eigenvalue weighted by Crippen LogP contribution is -2.17. The fourth-order valence-electron chi connectivity index (χ4n) is 1.54. The highest BCUT2D eigenvalue weighted by Crippen LogP contribution is 2.18. The Hall–Kier alpha value is -1.39. The van der Waals surface area contributed by atoms with E-state index in [2.05, 4.69) is 15.3 Å². The first-order chi connectivity index (χ1) is 7.72. The highest BCUT2D eigenvalue weighted by molar-refractivity contribution is 6.34. The lowest BCUT2D eigenvalue weighted by molar-refractivity contribution is 0.756. The van der Waals surface area contributed by atoms with Crippen LogP contribution >= 0.6 is 11.6 Å². The van der Waals surface area contributed by atoms with Gasteiger partial charge < -0.3 is 10.3 Å². The molecule has 0 fully saturated rings. The number of nitrogens with one attached hydrogen (secondary N) is 2. The molecule has 0 bridgehead atoms. The van der Waals surface area contributed by atoms with Gasteiger partial charge in [0.1, 0.15) is 5.82 Å². The van der Waals surface area contributed by atoms with Crippen molar-refractivity contribution in [2.24, 2.45) is 0 Å². The molecular weight excluding hydrogens is 226 g/mol. The zero-order valence-corrected chi connectivity index (χ0v) is 9.64. The lowest BCUT2D eigenvalue weighted by Gasteiger charge is -2.03. The molecule has 0 unspecified atom stereocenters. The third kappa shape index (κ3) is 2.08. The summed E-state index contributed by atoms with van der Waals surface area (Å²) in [6, 6.07) is 5.20. The number of H-pyrrole nitrogens is 1. The Bertz CT molecular complexity index is 565. The summed E-state index contributed by atoms with van der Waals surface area (Å²) in [6.45, 7) is 0.763. The average Bonchev–Trinajstić information content (AvgIpc) is 2.28. The number of hydrogen-bond donors (Lipinski definition) is 2. The molecular formula is C11H12ClN3O. The van der Waals surface area contributed by atoms with E-state index in [-0.39, 0.29) is 5.56 Å². The fraction of sp³-hybridized carbons (Fsp3) is 0.273. The Morgan fingerprint density at radius 2 is 2.31 bits per heavy atom. The molecule has 0 aliphatic rings. The van der Waals surface area contributed by atoms with Crippen LogP contribution in [0.25, 0.3) is 10.9 Å². The van der Waals surface area contributed by atoms with Crippen LogP contribution in [0.3, 0.4) is 0 Å². The van der Waals surface area contributed by atoms with Gasteiger partial charge in [-0.3, -0.25) is 4.79 Å². The quantitative estimate of drug-likeness (QED) is 0.847. The number of aromatic amines is 1. The van der Waals surface area contributed by atoms with Crippen LogP contribution in [0.2, 0.25) is 5.02 Å². The highest BCUT2D eigenvalue weighted by Gasteiger charge is 2.06. The van der Waals surface area contributed by atoms with Gasteiger partial charge in [-0.15, -0.1) is 0 Å². The van der Waals surface area contributed by atoms with Crippen LogP contribution in [0.5, 0.6) is 0 Å². The molecule has 2 aromatic rings. The van der Waals surface area contributed by atoms with Crippen molar-refractivity contribution in [3.05, 3.63) is 39.4 Å². The molecule has 16 heavy (non-hydrogen) atoms. The molecule has 1 aromatic carbocycles. The SMILES string of the molecule is CNCCc1nc2c(Cl)cccc2c(=O)[nH]1. The Morgan fingerprint density at radius 3 is 3.06 bits per heavy atom. The van der Waals surface area contributed by atoms with Crippen LogP contribution in [0, 0.1) is 0 Å². The first kappa shape index (κ1) is 11.1. The fourth-order valence-corrected chi connectivity index (χ4v) is 1.75. The van der Waals surface area contributed by atoms with Gasteiger partial charge in [0.05, 0.1) is 15.9 Å². The van der Waals surface area contributed by atoms with Crippen LogP contribution < -0.4 is 10.9 Å². The van der Waals surface area contributed by atoms with Crippen LogP contribution in [0.15, 0.2) is 23.0 Å². The van der Waals surface area contributed by atoms with Gasteiger partial charge in [-0.1, -0.05) is 17.7 Å². The molecule has 1 aromatic heterocycles. The first-order valence-corrected chi connectivity index (χ1v) is 5.42. The molecule has 0 aliphatic carbocycles. The standard InChI is InChI=1S/C11H12ClN3O/c1-13-6-5-9-14-10-7(11(16)15-9)3-2-4-8(10)12/h2-4,13H,5-6H2,1H3,(H,14,15,16). The number of para-hydroxylation sites is 1. The number of benzene rings is 1. The summed E-state index contributed by atoms with van der Waals surface area (Å²) in [4.78, 5) is 18.8. The smallest absolute Gasteiger partial charge is 0.258 e. The van der Waals surface area contributed by atoms with Gasteiger partial charge in [0, 0.05) is 13.0 Å². The lowest BCUT2D eigenvalue weighted by atomic mass is 10.2. The molecule has 0 saturated carbocycles. The van der Waals surface area contributed by atoms with Crippen molar-refractivity contribution < 1.29 is 0 Å². The monoisotopic (exact) mass is 237 g/mol. The molecule has 1 heterocycles. The summed E-state index contributed by atoms with van der Waals surface area (Å²) in [5.74, 6) is 0.653. The predicted molar refractivity (Wildman–Crippen MR) is 65.0 cm³/mol. The normalized spacial score (nSPS) is 10.9. The molecule has 0 aliphatic heterocycles. The maximum absolute atomic E-state index is 11.7. The summed E-state index contributed by atoms with van der Waals surface area (Å²) >= 11 is 6.00. The topological polar surface area (TPSA) is 57.8 Å². The number of aromatic nitrogens is 2.